The number of guanidine groups is 1. The van der Waals surface area contributed by atoms with Gasteiger partial charge in [0.15, 0.2) is 5.96 Å². The Labute approximate surface area is 184 Å². The van der Waals surface area contributed by atoms with E-state index in [2.05, 4.69) is 25.7 Å². The van der Waals surface area contributed by atoms with Gasteiger partial charge in [-0.05, 0) is 31.2 Å². The zero-order valence-electron chi connectivity index (χ0n) is 15.8. The smallest absolute Gasteiger partial charge is 0.387 e. The minimum atomic E-state index is -2.93. The lowest BCUT2D eigenvalue weighted by Crippen LogP contribution is -2.41. The number of nitrogens with one attached hydrogen (secondary N) is 3. The molecule has 10 heteroatoms. The van der Waals surface area contributed by atoms with Crippen LogP contribution in [0.25, 0.3) is 0 Å². The van der Waals surface area contributed by atoms with E-state index in [-0.39, 0.29) is 42.8 Å². The molecule has 0 radical (unpaired) electrons. The van der Waals surface area contributed by atoms with Crippen LogP contribution in [0.5, 0.6) is 5.75 Å². The Morgan fingerprint density at radius 3 is 2.59 bits per heavy atom. The number of carbonyl (C=O) groups excluding carboxylic acids is 1. The van der Waals surface area contributed by atoms with Gasteiger partial charge in [-0.1, -0.05) is 23.8 Å². The van der Waals surface area contributed by atoms with Crippen LogP contribution in [0.2, 0.25) is 0 Å². The Hall–Kier alpha value is -2.50. The fraction of sp³-hybridized carbons (Fsp3) is 0.263. The largest absolute Gasteiger partial charge is 0.434 e. The first kappa shape index (κ1) is 24.5. The molecular weight excluding hydrogens is 500 g/mol. The van der Waals surface area contributed by atoms with Crippen LogP contribution in [-0.4, -0.2) is 32.1 Å². The van der Waals surface area contributed by atoms with Crippen LogP contribution in [0, 0.1) is 12.7 Å². The summed E-state index contributed by atoms with van der Waals surface area (Å²) in [5.41, 5.74) is 1.74. The van der Waals surface area contributed by atoms with E-state index in [0.29, 0.717) is 17.2 Å². The highest BCUT2D eigenvalue weighted by Crippen LogP contribution is 2.21. The van der Waals surface area contributed by atoms with Crippen molar-refractivity contribution in [1.29, 1.82) is 0 Å². The van der Waals surface area contributed by atoms with Gasteiger partial charge in [-0.25, -0.2) is 4.39 Å². The molecule has 2 aromatic carbocycles. The van der Waals surface area contributed by atoms with Gasteiger partial charge in [-0.15, -0.1) is 24.0 Å². The van der Waals surface area contributed by atoms with E-state index in [1.165, 1.54) is 31.3 Å². The Morgan fingerprint density at radius 1 is 1.17 bits per heavy atom. The van der Waals surface area contributed by atoms with Crippen molar-refractivity contribution in [3.63, 3.8) is 0 Å². The molecule has 0 aliphatic heterocycles. The topological polar surface area (TPSA) is 74.8 Å². The summed E-state index contributed by atoms with van der Waals surface area (Å²) in [6.07, 6.45) is 0. The Morgan fingerprint density at radius 2 is 1.93 bits per heavy atom. The molecule has 2 rings (SSSR count). The molecule has 0 saturated carbocycles. The second-order valence-electron chi connectivity index (χ2n) is 5.83. The second-order valence-corrected chi connectivity index (χ2v) is 5.83. The number of aliphatic imine (C=N–C) groups is 1. The van der Waals surface area contributed by atoms with Gasteiger partial charge in [-0.3, -0.25) is 9.79 Å². The highest BCUT2D eigenvalue weighted by molar-refractivity contribution is 14.0. The van der Waals surface area contributed by atoms with Gasteiger partial charge in [0.25, 0.3) is 0 Å². The predicted molar refractivity (Wildman–Crippen MR) is 116 cm³/mol. The molecule has 0 bridgehead atoms. The minimum Gasteiger partial charge on any atom is -0.434 e. The van der Waals surface area contributed by atoms with E-state index in [4.69, 9.17) is 0 Å². The fourth-order valence-corrected chi connectivity index (χ4v) is 2.39. The van der Waals surface area contributed by atoms with E-state index in [1.807, 2.05) is 6.92 Å². The van der Waals surface area contributed by atoms with Crippen molar-refractivity contribution in [2.24, 2.45) is 4.99 Å². The SMILES string of the molecule is CN=C(NCC(=O)Nc1cccc(F)c1)NCc1cc(C)ccc1OC(F)F.I. The third-order valence-corrected chi connectivity index (χ3v) is 3.63. The molecule has 2 aromatic rings. The Balaban J connectivity index is 0.00000420. The summed E-state index contributed by atoms with van der Waals surface area (Å²) >= 11 is 0. The number of amides is 1. The number of halogens is 4. The van der Waals surface area contributed by atoms with Gasteiger partial charge in [0, 0.05) is 24.8 Å². The van der Waals surface area contributed by atoms with Crippen molar-refractivity contribution in [2.45, 2.75) is 20.1 Å². The van der Waals surface area contributed by atoms with Gasteiger partial charge in [0.05, 0.1) is 6.54 Å². The average molecular weight is 522 g/mol. The summed E-state index contributed by atoms with van der Waals surface area (Å²) in [6, 6.07) is 10.4. The lowest BCUT2D eigenvalue weighted by Gasteiger charge is -2.15. The third-order valence-electron chi connectivity index (χ3n) is 3.63. The minimum absolute atomic E-state index is 0. The second kappa shape index (κ2) is 12.1. The predicted octanol–water partition coefficient (Wildman–Crippen LogP) is 3.66. The molecule has 1 amide bonds. The molecule has 0 aliphatic carbocycles. The fourth-order valence-electron chi connectivity index (χ4n) is 2.39. The molecule has 0 aliphatic rings. The van der Waals surface area contributed by atoms with E-state index in [1.54, 1.807) is 18.2 Å². The molecule has 0 atom stereocenters. The number of carbonyl (C=O) groups is 1. The van der Waals surface area contributed by atoms with Crippen molar-refractivity contribution < 1.29 is 22.7 Å². The number of hydrogen-bond acceptors (Lipinski definition) is 3. The van der Waals surface area contributed by atoms with Crippen LogP contribution in [0.15, 0.2) is 47.5 Å². The van der Waals surface area contributed by atoms with Gasteiger partial charge < -0.3 is 20.7 Å². The van der Waals surface area contributed by atoms with Crippen LogP contribution in [0.3, 0.4) is 0 Å². The van der Waals surface area contributed by atoms with E-state index in [0.717, 1.165) is 5.56 Å². The maximum absolute atomic E-state index is 13.1. The third kappa shape index (κ3) is 8.59. The number of aryl methyl sites for hydroxylation is 1. The number of alkyl halides is 2. The normalized spacial score (nSPS) is 10.9. The molecule has 158 valence electrons. The van der Waals surface area contributed by atoms with Crippen LogP contribution < -0.4 is 20.7 Å². The summed E-state index contributed by atoms with van der Waals surface area (Å²) in [5, 5.41) is 8.27. The molecule has 29 heavy (non-hydrogen) atoms. The monoisotopic (exact) mass is 522 g/mol. The molecule has 3 N–H and O–H groups in total. The molecule has 0 spiro atoms. The molecule has 0 fully saturated rings. The first-order valence-corrected chi connectivity index (χ1v) is 8.41. The number of hydrogen-bond donors (Lipinski definition) is 3. The van der Waals surface area contributed by atoms with Crippen molar-refractivity contribution >= 4 is 41.5 Å². The molecule has 0 aromatic heterocycles. The average Bonchev–Trinajstić information content (AvgIpc) is 2.63. The van der Waals surface area contributed by atoms with Gasteiger partial charge in [0.1, 0.15) is 11.6 Å². The number of anilines is 1. The van der Waals surface area contributed by atoms with Gasteiger partial charge >= 0.3 is 6.61 Å². The highest BCUT2D eigenvalue weighted by atomic mass is 127. The van der Waals surface area contributed by atoms with E-state index >= 15 is 0 Å². The summed E-state index contributed by atoms with van der Waals surface area (Å²) in [7, 11) is 1.51. The molecule has 0 saturated heterocycles. The Kier molecular flexibility index (Phi) is 10.3. The van der Waals surface area contributed by atoms with Crippen LogP contribution in [0.4, 0.5) is 18.9 Å². The lowest BCUT2D eigenvalue weighted by molar-refractivity contribution is -0.115. The van der Waals surface area contributed by atoms with Crippen molar-refractivity contribution in [1.82, 2.24) is 10.6 Å². The zero-order chi connectivity index (χ0) is 20.5. The molecule has 6 nitrogen and oxygen atoms in total. The first-order chi connectivity index (χ1) is 13.4. The summed E-state index contributed by atoms with van der Waals surface area (Å²) in [4.78, 5) is 15.9. The zero-order valence-corrected chi connectivity index (χ0v) is 18.2. The lowest BCUT2D eigenvalue weighted by atomic mass is 10.1. The number of benzene rings is 2. The van der Waals surface area contributed by atoms with Crippen LogP contribution >= 0.6 is 24.0 Å². The van der Waals surface area contributed by atoms with E-state index in [9.17, 15) is 18.0 Å². The van der Waals surface area contributed by atoms with Gasteiger partial charge in [0.2, 0.25) is 5.91 Å². The summed E-state index contributed by atoms with van der Waals surface area (Å²) in [6.45, 7) is -1.05. The van der Waals surface area contributed by atoms with Crippen molar-refractivity contribution in [3.8, 4) is 5.75 Å². The molecule has 0 heterocycles. The molecule has 0 unspecified atom stereocenters. The van der Waals surface area contributed by atoms with Gasteiger partial charge in [-0.2, -0.15) is 8.78 Å². The number of ether oxygens (including phenoxy) is 1. The maximum Gasteiger partial charge on any atom is 0.387 e. The summed E-state index contributed by atoms with van der Waals surface area (Å²) < 4.78 is 42.7. The highest BCUT2D eigenvalue weighted by Gasteiger charge is 2.11. The van der Waals surface area contributed by atoms with Crippen LogP contribution in [0.1, 0.15) is 11.1 Å². The van der Waals surface area contributed by atoms with E-state index < -0.39 is 18.3 Å². The quantitative estimate of drug-likeness (QED) is 0.295. The number of nitrogens with zero attached hydrogens (tertiary/aromatic N) is 1. The molecular formula is C19H22F3IN4O2. The number of rotatable bonds is 7. The summed E-state index contributed by atoms with van der Waals surface area (Å²) in [5.74, 6) is -0.500. The van der Waals surface area contributed by atoms with Crippen LogP contribution in [-0.2, 0) is 11.3 Å². The van der Waals surface area contributed by atoms with Crippen molar-refractivity contribution in [3.05, 3.63) is 59.4 Å². The maximum atomic E-state index is 13.1. The Bertz CT molecular complexity index is 850. The van der Waals surface area contributed by atoms with Crippen molar-refractivity contribution in [2.75, 3.05) is 18.9 Å². The standard InChI is InChI=1S/C19H21F3N4O2.HI/c1-12-6-7-16(28-18(21)22)13(8-12)10-24-19(23-2)25-11-17(27)26-15-5-3-4-14(20)9-15;/h3-9,18H,10-11H2,1-2H3,(H,26,27)(H2,23,24,25);1H. The first-order valence-electron chi connectivity index (χ1n) is 8.41.